The van der Waals surface area contributed by atoms with E-state index in [0.29, 0.717) is 5.56 Å². The van der Waals surface area contributed by atoms with Crippen molar-refractivity contribution in [1.29, 1.82) is 0 Å². The molecule has 0 radical (unpaired) electrons. The van der Waals surface area contributed by atoms with Crippen molar-refractivity contribution in [2.75, 3.05) is 0 Å². The average Bonchev–Trinajstić information content (AvgIpc) is 2.63. The minimum absolute atomic E-state index is 0.325. The number of fused-ring (bicyclic) bond motifs is 2. The van der Waals surface area contributed by atoms with Gasteiger partial charge in [-0.05, 0) is 56.2 Å². The molecule has 1 aromatic heterocycles. The minimum atomic E-state index is -1.12. The fourth-order valence-electron chi connectivity index (χ4n) is 3.63. The molecule has 1 atom stereocenters. The van der Waals surface area contributed by atoms with Crippen LogP contribution in [0.3, 0.4) is 0 Å². The van der Waals surface area contributed by atoms with Gasteiger partial charge >= 0.3 is 12.0 Å². The van der Waals surface area contributed by atoms with E-state index >= 15 is 0 Å². The van der Waals surface area contributed by atoms with Crippen LogP contribution < -0.4 is 11.1 Å². The number of imide groups is 1. The highest BCUT2D eigenvalue weighted by molar-refractivity contribution is 6.06. The molecule has 0 saturated heterocycles. The zero-order chi connectivity index (χ0) is 20.4. The van der Waals surface area contributed by atoms with E-state index in [9.17, 15) is 14.4 Å². The monoisotopic (exact) mass is 383 g/mol. The number of pyridine rings is 1. The Bertz CT molecular complexity index is 952. The molecule has 7 heteroatoms. The van der Waals surface area contributed by atoms with Gasteiger partial charge in [0.2, 0.25) is 0 Å². The average molecular weight is 383 g/mol. The van der Waals surface area contributed by atoms with Gasteiger partial charge in [-0.3, -0.25) is 15.1 Å². The molecule has 1 unspecified atom stereocenters. The summed E-state index contributed by atoms with van der Waals surface area (Å²) < 4.78 is 5.59. The topological polar surface area (TPSA) is 111 Å². The highest BCUT2D eigenvalue weighted by atomic mass is 16.5. The quantitative estimate of drug-likeness (QED) is 0.789. The lowest BCUT2D eigenvalue weighted by Gasteiger charge is -2.23. The van der Waals surface area contributed by atoms with E-state index in [1.54, 1.807) is 13.8 Å². The lowest BCUT2D eigenvalue weighted by Crippen LogP contribution is -2.45. The van der Waals surface area contributed by atoms with Crippen molar-refractivity contribution in [3.05, 3.63) is 40.6 Å². The normalized spacial score (nSPS) is 14.4. The van der Waals surface area contributed by atoms with Crippen molar-refractivity contribution in [3.63, 3.8) is 0 Å². The second kappa shape index (κ2) is 7.96. The maximum atomic E-state index is 13.2. The summed E-state index contributed by atoms with van der Waals surface area (Å²) in [6.45, 7) is 5.43. The van der Waals surface area contributed by atoms with Crippen LogP contribution in [0.15, 0.2) is 18.2 Å². The van der Waals surface area contributed by atoms with Crippen LogP contribution in [0.1, 0.15) is 53.9 Å². The third-order valence-electron chi connectivity index (χ3n) is 4.97. The first-order chi connectivity index (χ1) is 13.3. The Hall–Kier alpha value is -2.96. The molecular formula is C21H25N3O4. The van der Waals surface area contributed by atoms with Crippen LogP contribution in [0.25, 0.3) is 10.9 Å². The van der Waals surface area contributed by atoms with Gasteiger partial charge in [-0.15, -0.1) is 0 Å². The van der Waals surface area contributed by atoms with Crippen LogP contribution in [0.4, 0.5) is 4.79 Å². The van der Waals surface area contributed by atoms with Gasteiger partial charge in [0.15, 0.2) is 6.10 Å². The van der Waals surface area contributed by atoms with Gasteiger partial charge in [0, 0.05) is 11.1 Å². The summed E-state index contributed by atoms with van der Waals surface area (Å²) in [5.41, 5.74) is 9.06. The fraction of sp³-hybridized carbons (Fsp3) is 0.429. The number of nitrogens with zero attached hydrogens (tertiary/aromatic N) is 1. The Morgan fingerprint density at radius 1 is 1.18 bits per heavy atom. The molecular weight excluding hydrogens is 358 g/mol. The van der Waals surface area contributed by atoms with Gasteiger partial charge in [0.25, 0.3) is 5.91 Å². The van der Waals surface area contributed by atoms with E-state index < -0.39 is 24.0 Å². The Kier molecular flexibility index (Phi) is 5.63. The Balaban J connectivity index is 2.05. The second-order valence-corrected chi connectivity index (χ2v) is 7.56. The van der Waals surface area contributed by atoms with Gasteiger partial charge in [-0.25, -0.2) is 9.59 Å². The number of amides is 3. The first-order valence-corrected chi connectivity index (χ1v) is 9.51. The van der Waals surface area contributed by atoms with E-state index in [1.165, 1.54) is 0 Å². The summed E-state index contributed by atoms with van der Waals surface area (Å²) in [5.74, 6) is -1.62. The molecule has 3 rings (SSSR count). The number of esters is 1. The number of hydrogen-bond acceptors (Lipinski definition) is 5. The number of aryl methyl sites for hydroxylation is 2. The Morgan fingerprint density at radius 3 is 2.57 bits per heavy atom. The van der Waals surface area contributed by atoms with E-state index in [1.807, 2.05) is 30.4 Å². The maximum absolute atomic E-state index is 13.2. The van der Waals surface area contributed by atoms with Crippen molar-refractivity contribution in [2.24, 2.45) is 11.7 Å². The van der Waals surface area contributed by atoms with Crippen LogP contribution >= 0.6 is 0 Å². The van der Waals surface area contributed by atoms with Gasteiger partial charge < -0.3 is 10.5 Å². The predicted octanol–water partition coefficient (Wildman–Crippen LogP) is 2.80. The van der Waals surface area contributed by atoms with Crippen LogP contribution in [-0.4, -0.2) is 29.0 Å². The number of urea groups is 1. The summed E-state index contributed by atoms with van der Waals surface area (Å²) in [5, 5.41) is 2.73. The Labute approximate surface area is 163 Å². The van der Waals surface area contributed by atoms with Crippen molar-refractivity contribution < 1.29 is 19.1 Å². The van der Waals surface area contributed by atoms with Crippen LogP contribution in [-0.2, 0) is 22.4 Å². The maximum Gasteiger partial charge on any atom is 0.339 e. The van der Waals surface area contributed by atoms with E-state index in [4.69, 9.17) is 15.5 Å². The molecule has 28 heavy (non-hydrogen) atoms. The van der Waals surface area contributed by atoms with Crippen LogP contribution in [0, 0.1) is 12.8 Å². The first kappa shape index (κ1) is 19.8. The number of rotatable bonds is 4. The number of carbonyl (C=O) groups excluding carboxylic acids is 3. The largest absolute Gasteiger partial charge is 0.448 e. The van der Waals surface area contributed by atoms with Crippen molar-refractivity contribution in [2.45, 2.75) is 52.6 Å². The summed E-state index contributed by atoms with van der Waals surface area (Å²) >= 11 is 0. The molecule has 0 aliphatic heterocycles. The molecule has 0 saturated carbocycles. The molecule has 0 spiro atoms. The zero-order valence-electron chi connectivity index (χ0n) is 16.4. The number of primary amides is 1. The number of nitrogens with two attached hydrogens (primary N) is 1. The van der Waals surface area contributed by atoms with Gasteiger partial charge in [-0.2, -0.15) is 0 Å². The highest BCUT2D eigenvalue weighted by Gasteiger charge is 2.31. The molecule has 0 bridgehead atoms. The third-order valence-corrected chi connectivity index (χ3v) is 4.97. The number of ether oxygens (including phenoxy) is 1. The van der Waals surface area contributed by atoms with Crippen molar-refractivity contribution in [3.8, 4) is 0 Å². The number of benzene rings is 1. The second-order valence-electron chi connectivity index (χ2n) is 7.56. The first-order valence-electron chi connectivity index (χ1n) is 9.51. The third kappa shape index (κ3) is 3.98. The molecule has 7 nitrogen and oxygen atoms in total. The molecule has 0 fully saturated rings. The molecule has 1 heterocycles. The predicted molar refractivity (Wildman–Crippen MR) is 105 cm³/mol. The fourth-order valence-corrected chi connectivity index (χ4v) is 3.63. The smallest absolute Gasteiger partial charge is 0.339 e. The van der Waals surface area contributed by atoms with Gasteiger partial charge in [-0.1, -0.05) is 25.5 Å². The minimum Gasteiger partial charge on any atom is -0.448 e. The van der Waals surface area contributed by atoms with Crippen LogP contribution in [0.5, 0.6) is 0 Å². The lowest BCUT2D eigenvalue weighted by atomic mass is 9.89. The summed E-state index contributed by atoms with van der Waals surface area (Å²) in [4.78, 5) is 41.2. The lowest BCUT2D eigenvalue weighted by molar-refractivity contribution is -0.130. The van der Waals surface area contributed by atoms with E-state index in [0.717, 1.165) is 53.4 Å². The van der Waals surface area contributed by atoms with E-state index in [2.05, 4.69) is 0 Å². The molecule has 1 aromatic carbocycles. The van der Waals surface area contributed by atoms with Gasteiger partial charge in [0.05, 0.1) is 11.1 Å². The van der Waals surface area contributed by atoms with Crippen molar-refractivity contribution >= 4 is 28.8 Å². The number of carbonyl (C=O) groups is 3. The zero-order valence-corrected chi connectivity index (χ0v) is 16.4. The molecule has 3 amide bonds. The van der Waals surface area contributed by atoms with Crippen molar-refractivity contribution in [1.82, 2.24) is 10.3 Å². The van der Waals surface area contributed by atoms with E-state index in [-0.39, 0.29) is 5.92 Å². The summed E-state index contributed by atoms with van der Waals surface area (Å²) in [7, 11) is 0. The summed E-state index contributed by atoms with van der Waals surface area (Å²) in [6, 6.07) is 4.79. The summed E-state index contributed by atoms with van der Waals surface area (Å²) in [6.07, 6.45) is 2.45. The standard InChI is InChI=1S/C21H25N3O4/c1-11(2)18(19(25)24-21(22)27)28-20(26)17-13-6-4-5-7-15(13)23-16-9-8-12(3)10-14(16)17/h8-11,18H,4-7H2,1-3H3,(H3,22,24,25,27). The molecule has 3 N–H and O–H groups in total. The Morgan fingerprint density at radius 2 is 1.89 bits per heavy atom. The number of hydrogen-bond donors (Lipinski definition) is 2. The molecule has 2 aromatic rings. The molecule has 148 valence electrons. The number of aromatic nitrogens is 1. The SMILES string of the molecule is Cc1ccc2nc3c(c(C(=O)OC(C(=O)NC(N)=O)C(C)C)c2c1)CCCC3. The molecule has 1 aliphatic rings. The molecule has 1 aliphatic carbocycles. The van der Waals surface area contributed by atoms with Gasteiger partial charge in [0.1, 0.15) is 0 Å². The van der Waals surface area contributed by atoms with Crippen LogP contribution in [0.2, 0.25) is 0 Å². The highest BCUT2D eigenvalue weighted by Crippen LogP contribution is 2.31. The number of nitrogens with one attached hydrogen (secondary N) is 1.